The number of benzene rings is 1. The molecule has 0 aliphatic carbocycles. The third-order valence-corrected chi connectivity index (χ3v) is 4.30. The number of amidine groups is 1. The first kappa shape index (κ1) is 14.9. The predicted octanol–water partition coefficient (Wildman–Crippen LogP) is 2.47. The molecule has 0 aromatic heterocycles. The van der Waals surface area contributed by atoms with Gasteiger partial charge in [-0.2, -0.15) is 0 Å². The molecule has 3 N–H and O–H groups in total. The van der Waals surface area contributed by atoms with Crippen LogP contribution >= 0.6 is 0 Å². The van der Waals surface area contributed by atoms with Gasteiger partial charge < -0.3 is 10.9 Å². The largest absolute Gasteiger partial charge is 0.409 e. The van der Waals surface area contributed by atoms with Crippen LogP contribution in [0.25, 0.3) is 0 Å². The number of hydrogen-bond donors (Lipinski definition) is 2. The first-order valence-corrected chi connectivity index (χ1v) is 7.50. The average Bonchev–Trinajstić information content (AvgIpc) is 2.50. The highest BCUT2D eigenvalue weighted by atomic mass is 16.4. The molecule has 1 atom stereocenters. The van der Waals surface area contributed by atoms with Crippen LogP contribution in [0.3, 0.4) is 0 Å². The topological polar surface area (TPSA) is 61.9 Å². The van der Waals surface area contributed by atoms with Crippen LogP contribution in [0, 0.1) is 5.92 Å². The maximum Gasteiger partial charge on any atom is 0.156 e. The maximum atomic E-state index is 8.85. The summed E-state index contributed by atoms with van der Waals surface area (Å²) in [5.41, 5.74) is 7.20. The van der Waals surface area contributed by atoms with E-state index in [1.807, 2.05) is 0 Å². The van der Waals surface area contributed by atoms with Gasteiger partial charge in [-0.1, -0.05) is 42.4 Å². The Morgan fingerprint density at radius 2 is 2.00 bits per heavy atom. The molecule has 0 amide bonds. The van der Waals surface area contributed by atoms with E-state index in [1.165, 1.54) is 18.4 Å². The lowest BCUT2D eigenvalue weighted by Crippen LogP contribution is -2.48. The van der Waals surface area contributed by atoms with Crippen LogP contribution in [0.4, 0.5) is 0 Å². The number of hydrogen-bond acceptors (Lipinski definition) is 3. The fourth-order valence-electron chi connectivity index (χ4n) is 3.14. The van der Waals surface area contributed by atoms with E-state index < -0.39 is 0 Å². The summed E-state index contributed by atoms with van der Waals surface area (Å²) < 4.78 is 0. The van der Waals surface area contributed by atoms with E-state index in [1.54, 1.807) is 0 Å². The fraction of sp³-hybridized carbons (Fsp3) is 0.562. The molecule has 1 aromatic carbocycles. The molecular weight excluding hydrogens is 250 g/mol. The zero-order valence-electron chi connectivity index (χ0n) is 12.2. The van der Waals surface area contributed by atoms with Gasteiger partial charge in [-0.25, -0.2) is 0 Å². The van der Waals surface area contributed by atoms with Crippen molar-refractivity contribution in [3.63, 3.8) is 0 Å². The standard InChI is InChI=1S/C16H25N3O/c1-2-15(16(17)18-20)19-10-8-14(9-11-19)12-13-6-4-3-5-7-13/h3-7,14-15,20H,2,8-12H2,1H3,(H2,17,18). The van der Waals surface area contributed by atoms with Crippen LogP contribution in [-0.2, 0) is 6.42 Å². The van der Waals surface area contributed by atoms with Crippen LogP contribution in [0.15, 0.2) is 35.5 Å². The zero-order chi connectivity index (χ0) is 14.4. The molecule has 1 aliphatic rings. The van der Waals surface area contributed by atoms with Gasteiger partial charge >= 0.3 is 0 Å². The van der Waals surface area contributed by atoms with Crippen molar-refractivity contribution in [2.45, 2.75) is 38.6 Å². The van der Waals surface area contributed by atoms with Crippen LogP contribution < -0.4 is 5.73 Å². The SMILES string of the molecule is CCC(C(N)=NO)N1CCC(Cc2ccccc2)CC1. The quantitative estimate of drug-likeness (QED) is 0.375. The lowest BCUT2D eigenvalue weighted by Gasteiger charge is -2.36. The molecule has 2 rings (SSSR count). The van der Waals surface area contributed by atoms with Crippen LogP contribution in [0.2, 0.25) is 0 Å². The molecule has 20 heavy (non-hydrogen) atoms. The molecule has 1 heterocycles. The molecule has 0 bridgehead atoms. The Balaban J connectivity index is 1.86. The van der Waals surface area contributed by atoms with Crippen LogP contribution in [-0.4, -0.2) is 35.1 Å². The smallest absolute Gasteiger partial charge is 0.156 e. The lowest BCUT2D eigenvalue weighted by atomic mass is 9.89. The molecule has 0 radical (unpaired) electrons. The van der Waals surface area contributed by atoms with Crippen molar-refractivity contribution in [1.82, 2.24) is 4.90 Å². The van der Waals surface area contributed by atoms with Gasteiger partial charge in [0.25, 0.3) is 0 Å². The lowest BCUT2D eigenvalue weighted by molar-refractivity contribution is 0.156. The predicted molar refractivity (Wildman–Crippen MR) is 81.9 cm³/mol. The number of oxime groups is 1. The van der Waals surface area contributed by atoms with Crippen molar-refractivity contribution in [2.75, 3.05) is 13.1 Å². The summed E-state index contributed by atoms with van der Waals surface area (Å²) in [6.45, 7) is 4.15. The maximum absolute atomic E-state index is 8.85. The van der Waals surface area contributed by atoms with Gasteiger partial charge in [0, 0.05) is 0 Å². The second-order valence-electron chi connectivity index (χ2n) is 5.62. The monoisotopic (exact) mass is 275 g/mol. The number of rotatable bonds is 5. The van der Waals surface area contributed by atoms with E-state index in [2.05, 4.69) is 47.3 Å². The van der Waals surface area contributed by atoms with Gasteiger partial charge in [-0.15, -0.1) is 0 Å². The van der Waals surface area contributed by atoms with Crippen LogP contribution in [0.1, 0.15) is 31.7 Å². The molecule has 1 fully saturated rings. The van der Waals surface area contributed by atoms with Gasteiger partial charge in [0.2, 0.25) is 0 Å². The second kappa shape index (κ2) is 7.29. The molecular formula is C16H25N3O. The third kappa shape index (κ3) is 3.73. The normalized spacial score (nSPS) is 19.9. The van der Waals surface area contributed by atoms with E-state index in [0.29, 0.717) is 5.84 Å². The molecule has 1 aromatic rings. The summed E-state index contributed by atoms with van der Waals surface area (Å²) in [5, 5.41) is 12.0. The number of nitrogens with zero attached hydrogens (tertiary/aromatic N) is 2. The highest BCUT2D eigenvalue weighted by Crippen LogP contribution is 2.23. The summed E-state index contributed by atoms with van der Waals surface area (Å²) in [7, 11) is 0. The summed E-state index contributed by atoms with van der Waals surface area (Å²) in [4.78, 5) is 2.34. The van der Waals surface area contributed by atoms with E-state index >= 15 is 0 Å². The van der Waals surface area contributed by atoms with E-state index in [-0.39, 0.29) is 6.04 Å². The van der Waals surface area contributed by atoms with Crippen molar-refractivity contribution in [3.8, 4) is 0 Å². The minimum Gasteiger partial charge on any atom is -0.409 e. The number of piperidine rings is 1. The van der Waals surface area contributed by atoms with Gasteiger partial charge in [-0.05, 0) is 50.3 Å². The van der Waals surface area contributed by atoms with Crippen LogP contribution in [0.5, 0.6) is 0 Å². The first-order valence-electron chi connectivity index (χ1n) is 7.50. The molecule has 4 nitrogen and oxygen atoms in total. The number of likely N-dealkylation sites (tertiary alicyclic amines) is 1. The molecule has 0 spiro atoms. The van der Waals surface area contributed by atoms with E-state index in [4.69, 9.17) is 10.9 Å². The second-order valence-corrected chi connectivity index (χ2v) is 5.62. The van der Waals surface area contributed by atoms with E-state index in [0.717, 1.165) is 31.8 Å². The Kier molecular flexibility index (Phi) is 5.41. The molecule has 1 unspecified atom stereocenters. The van der Waals surface area contributed by atoms with Crippen molar-refractivity contribution < 1.29 is 5.21 Å². The number of nitrogens with two attached hydrogens (primary N) is 1. The van der Waals surface area contributed by atoms with E-state index in [9.17, 15) is 0 Å². The van der Waals surface area contributed by atoms with Crippen molar-refractivity contribution >= 4 is 5.84 Å². The summed E-state index contributed by atoms with van der Waals surface area (Å²) in [6.07, 6.45) is 4.42. The van der Waals surface area contributed by atoms with Crippen molar-refractivity contribution in [1.29, 1.82) is 0 Å². The summed E-state index contributed by atoms with van der Waals surface area (Å²) in [5.74, 6) is 1.09. The zero-order valence-corrected chi connectivity index (χ0v) is 12.2. The summed E-state index contributed by atoms with van der Waals surface area (Å²) >= 11 is 0. The van der Waals surface area contributed by atoms with Gasteiger partial charge in [0.05, 0.1) is 6.04 Å². The highest BCUT2D eigenvalue weighted by molar-refractivity contribution is 5.85. The summed E-state index contributed by atoms with van der Waals surface area (Å²) in [6, 6.07) is 10.8. The molecule has 1 saturated heterocycles. The van der Waals surface area contributed by atoms with Crippen molar-refractivity contribution in [3.05, 3.63) is 35.9 Å². The Hall–Kier alpha value is -1.55. The Bertz CT molecular complexity index is 425. The Morgan fingerprint density at radius 1 is 1.35 bits per heavy atom. The molecule has 4 heteroatoms. The van der Waals surface area contributed by atoms with Gasteiger partial charge in [-0.3, -0.25) is 4.90 Å². The minimum atomic E-state index is 0.0812. The first-order chi connectivity index (χ1) is 9.74. The van der Waals surface area contributed by atoms with Gasteiger partial charge in [0.15, 0.2) is 5.84 Å². The Labute approximate surface area is 121 Å². The molecule has 0 saturated carbocycles. The Morgan fingerprint density at radius 3 is 2.55 bits per heavy atom. The minimum absolute atomic E-state index is 0.0812. The molecule has 1 aliphatic heterocycles. The van der Waals surface area contributed by atoms with Gasteiger partial charge in [0.1, 0.15) is 0 Å². The third-order valence-electron chi connectivity index (χ3n) is 4.30. The highest BCUT2D eigenvalue weighted by Gasteiger charge is 2.26. The molecule has 110 valence electrons. The fourth-order valence-corrected chi connectivity index (χ4v) is 3.14. The average molecular weight is 275 g/mol. The van der Waals surface area contributed by atoms with Crippen molar-refractivity contribution in [2.24, 2.45) is 16.8 Å².